The maximum absolute atomic E-state index is 13.3. The average Bonchev–Trinajstić information content (AvgIpc) is 2.82. The molecule has 0 aliphatic carbocycles. The van der Waals surface area contributed by atoms with Gasteiger partial charge in [-0.1, -0.05) is 44.9 Å². The number of unbranched alkanes of at least 4 members (excludes halogenated alkanes) is 3. The highest BCUT2D eigenvalue weighted by molar-refractivity contribution is 6.02. The van der Waals surface area contributed by atoms with Crippen LogP contribution in [0.3, 0.4) is 0 Å². The second-order valence-corrected chi connectivity index (χ2v) is 9.68. The molecule has 3 amide bonds. The third-order valence-corrected chi connectivity index (χ3v) is 6.14. The van der Waals surface area contributed by atoms with Crippen molar-refractivity contribution >= 4 is 29.1 Å². The Balaban J connectivity index is 2.08. The lowest BCUT2D eigenvalue weighted by Gasteiger charge is -2.27. The van der Waals surface area contributed by atoms with E-state index in [1.165, 1.54) is 0 Å². The van der Waals surface area contributed by atoms with Gasteiger partial charge in [-0.3, -0.25) is 19.3 Å². The van der Waals surface area contributed by atoms with Gasteiger partial charge < -0.3 is 10.2 Å². The molecule has 0 radical (unpaired) electrons. The zero-order valence-electron chi connectivity index (χ0n) is 22.2. The molecule has 1 N–H and O–H groups in total. The Morgan fingerprint density at radius 1 is 0.886 bits per heavy atom. The fourth-order valence-corrected chi connectivity index (χ4v) is 4.18. The molecule has 0 bridgehead atoms. The molecule has 0 aromatic heterocycles. The lowest BCUT2D eigenvalue weighted by atomic mass is 10.0. The van der Waals surface area contributed by atoms with Gasteiger partial charge in [-0.25, -0.2) is 0 Å². The van der Waals surface area contributed by atoms with Gasteiger partial charge in [0.05, 0.1) is 5.69 Å². The molecule has 0 heterocycles. The van der Waals surface area contributed by atoms with Crippen LogP contribution in [0, 0.1) is 19.8 Å². The first kappa shape index (κ1) is 28.1. The monoisotopic (exact) mass is 479 g/mol. The molecule has 0 saturated heterocycles. The van der Waals surface area contributed by atoms with E-state index in [4.69, 9.17) is 0 Å². The Morgan fingerprint density at radius 2 is 1.49 bits per heavy atom. The second kappa shape index (κ2) is 13.7. The van der Waals surface area contributed by atoms with Gasteiger partial charge in [-0.05, 0) is 68.0 Å². The Morgan fingerprint density at radius 3 is 2.06 bits per heavy atom. The minimum atomic E-state index is -0.0333. The van der Waals surface area contributed by atoms with Crippen molar-refractivity contribution in [1.29, 1.82) is 0 Å². The van der Waals surface area contributed by atoms with Crippen molar-refractivity contribution in [2.75, 3.05) is 25.5 Å². The van der Waals surface area contributed by atoms with Crippen molar-refractivity contribution in [2.45, 2.75) is 66.2 Å². The van der Waals surface area contributed by atoms with Crippen LogP contribution in [0.5, 0.6) is 0 Å². The number of carbonyl (C=O) groups is 3. The summed E-state index contributed by atoms with van der Waals surface area (Å²) in [6, 6.07) is 13.4. The van der Waals surface area contributed by atoms with Crippen molar-refractivity contribution in [3.8, 4) is 0 Å². The van der Waals surface area contributed by atoms with Gasteiger partial charge in [0.25, 0.3) is 5.91 Å². The minimum Gasteiger partial charge on any atom is -0.359 e. The van der Waals surface area contributed by atoms with Crippen LogP contribution in [-0.2, 0) is 9.59 Å². The quantitative estimate of drug-likeness (QED) is 0.392. The van der Waals surface area contributed by atoms with Crippen LogP contribution in [-0.4, -0.2) is 43.3 Å². The Kier molecular flexibility index (Phi) is 11.0. The highest BCUT2D eigenvalue weighted by Crippen LogP contribution is 2.33. The van der Waals surface area contributed by atoms with Crippen molar-refractivity contribution < 1.29 is 14.4 Å². The van der Waals surface area contributed by atoms with E-state index in [-0.39, 0.29) is 23.6 Å². The molecule has 0 aliphatic heterocycles. The van der Waals surface area contributed by atoms with Gasteiger partial charge in [0.1, 0.15) is 0 Å². The third kappa shape index (κ3) is 8.23. The average molecular weight is 480 g/mol. The molecular weight excluding hydrogens is 438 g/mol. The Hall–Kier alpha value is -3.15. The highest BCUT2D eigenvalue weighted by atomic mass is 16.2. The first-order valence-corrected chi connectivity index (χ1v) is 12.6. The minimum absolute atomic E-state index is 0.0333. The summed E-state index contributed by atoms with van der Waals surface area (Å²) in [7, 11) is 3.47. The number of carbonyl (C=O) groups excluding carboxylic acids is 3. The maximum Gasteiger partial charge on any atom is 0.253 e. The molecule has 0 spiro atoms. The van der Waals surface area contributed by atoms with Gasteiger partial charge in [0.15, 0.2) is 0 Å². The van der Waals surface area contributed by atoms with Crippen molar-refractivity contribution in [2.24, 2.45) is 5.92 Å². The largest absolute Gasteiger partial charge is 0.359 e. The molecule has 35 heavy (non-hydrogen) atoms. The molecule has 2 aromatic rings. The Bertz CT molecular complexity index is 978. The van der Waals surface area contributed by atoms with Crippen molar-refractivity contribution in [3.05, 3.63) is 59.2 Å². The van der Waals surface area contributed by atoms with E-state index in [1.54, 1.807) is 29.0 Å². The number of rotatable bonds is 12. The van der Waals surface area contributed by atoms with Crippen molar-refractivity contribution in [3.63, 3.8) is 0 Å². The van der Waals surface area contributed by atoms with Crippen LogP contribution in [0.4, 0.5) is 11.4 Å². The summed E-state index contributed by atoms with van der Waals surface area (Å²) >= 11 is 0. The predicted octanol–water partition coefficient (Wildman–Crippen LogP) is 5.78. The molecule has 190 valence electrons. The fourth-order valence-electron chi connectivity index (χ4n) is 4.18. The number of hydrogen-bond acceptors (Lipinski definition) is 3. The number of nitrogens with one attached hydrogen (secondary N) is 1. The van der Waals surface area contributed by atoms with Crippen LogP contribution >= 0.6 is 0 Å². The van der Waals surface area contributed by atoms with Crippen LogP contribution in [0.25, 0.3) is 0 Å². The molecule has 0 atom stereocenters. The predicted molar refractivity (Wildman–Crippen MR) is 143 cm³/mol. The van der Waals surface area contributed by atoms with E-state index in [2.05, 4.69) is 5.32 Å². The highest BCUT2D eigenvalue weighted by Gasteiger charge is 2.23. The number of aryl methyl sites for hydroxylation is 2. The zero-order valence-corrected chi connectivity index (χ0v) is 22.2. The fraction of sp³-hybridized carbons (Fsp3) is 0.483. The number of anilines is 2. The summed E-state index contributed by atoms with van der Waals surface area (Å²) in [6.07, 6.45) is 4.72. The summed E-state index contributed by atoms with van der Waals surface area (Å²) in [5.74, 6) is 0.328. The van der Waals surface area contributed by atoms with Crippen LogP contribution in [0.15, 0.2) is 42.5 Å². The first-order valence-electron chi connectivity index (χ1n) is 12.6. The summed E-state index contributed by atoms with van der Waals surface area (Å²) in [4.78, 5) is 41.0. The third-order valence-electron chi connectivity index (χ3n) is 6.14. The van der Waals surface area contributed by atoms with E-state index < -0.39 is 0 Å². The van der Waals surface area contributed by atoms with E-state index in [9.17, 15) is 14.4 Å². The summed E-state index contributed by atoms with van der Waals surface area (Å²) in [5.41, 5.74) is 4.36. The molecule has 0 fully saturated rings. The number of hydrogen-bond donors (Lipinski definition) is 1. The van der Waals surface area contributed by atoms with Gasteiger partial charge in [0.2, 0.25) is 11.8 Å². The number of para-hydroxylation sites is 1. The number of benzene rings is 2. The first-order chi connectivity index (χ1) is 16.6. The van der Waals surface area contributed by atoms with Gasteiger partial charge >= 0.3 is 0 Å². The van der Waals surface area contributed by atoms with E-state index >= 15 is 0 Å². The molecule has 2 rings (SSSR count). The van der Waals surface area contributed by atoms with E-state index in [0.29, 0.717) is 24.9 Å². The smallest absolute Gasteiger partial charge is 0.253 e. The van der Waals surface area contributed by atoms with Gasteiger partial charge in [-0.2, -0.15) is 0 Å². The molecule has 0 aliphatic rings. The lowest BCUT2D eigenvalue weighted by Crippen LogP contribution is -2.29. The van der Waals surface area contributed by atoms with Gasteiger partial charge in [-0.15, -0.1) is 0 Å². The Labute approximate surface area is 210 Å². The summed E-state index contributed by atoms with van der Waals surface area (Å²) in [6.45, 7) is 8.79. The molecule has 0 saturated carbocycles. The lowest BCUT2D eigenvalue weighted by molar-refractivity contribution is -0.121. The molecule has 6 heteroatoms. The second-order valence-electron chi connectivity index (χ2n) is 9.68. The SMILES string of the molecule is CNC(=O)CCCCCCN(C)C(=O)c1ccc(N(C(=O)CC(C)C)c2c(C)cccc2C)cc1. The molecule has 0 unspecified atom stereocenters. The van der Waals surface area contributed by atoms with E-state index in [1.807, 2.05) is 65.1 Å². The summed E-state index contributed by atoms with van der Waals surface area (Å²) < 4.78 is 0. The zero-order chi connectivity index (χ0) is 26.0. The number of amides is 3. The van der Waals surface area contributed by atoms with Crippen LogP contribution < -0.4 is 10.2 Å². The maximum atomic E-state index is 13.3. The topological polar surface area (TPSA) is 69.7 Å². The van der Waals surface area contributed by atoms with Crippen LogP contribution in [0.1, 0.15) is 73.9 Å². The summed E-state index contributed by atoms with van der Waals surface area (Å²) in [5, 5.41) is 2.63. The normalized spacial score (nSPS) is 10.8. The van der Waals surface area contributed by atoms with Gasteiger partial charge in [0, 0.05) is 44.7 Å². The number of nitrogens with zero attached hydrogens (tertiary/aromatic N) is 2. The standard InChI is InChI=1S/C29H41N3O3/c1-21(2)20-27(34)32(28-22(3)12-11-13-23(28)4)25-17-15-24(16-18-25)29(35)31(6)19-10-8-7-9-14-26(33)30-5/h11-13,15-18,21H,7-10,14,19-20H2,1-6H3,(H,30,33). The molecule has 6 nitrogen and oxygen atoms in total. The van der Waals surface area contributed by atoms with Crippen LogP contribution in [0.2, 0.25) is 0 Å². The van der Waals surface area contributed by atoms with E-state index in [0.717, 1.165) is 48.2 Å². The molecular formula is C29H41N3O3. The van der Waals surface area contributed by atoms with Crippen molar-refractivity contribution in [1.82, 2.24) is 10.2 Å². The molecule has 2 aromatic carbocycles.